The van der Waals surface area contributed by atoms with Crippen LogP contribution in [0.5, 0.6) is 5.75 Å². The van der Waals surface area contributed by atoms with Crippen LogP contribution in [0.25, 0.3) is 0 Å². The molecule has 0 saturated heterocycles. The Labute approximate surface area is 92.8 Å². The number of pyridine rings is 1. The van der Waals surface area contributed by atoms with Crippen LogP contribution in [-0.2, 0) is 0 Å². The van der Waals surface area contributed by atoms with Crippen LogP contribution < -0.4 is 9.84 Å². The van der Waals surface area contributed by atoms with Gasteiger partial charge in [0.15, 0.2) is 0 Å². The van der Waals surface area contributed by atoms with Gasteiger partial charge in [-0.15, -0.1) is 11.6 Å². The molecule has 0 amide bonds. The molecule has 0 aliphatic carbocycles. The monoisotopic (exact) mass is 228 g/mol. The molecule has 0 bridgehead atoms. The second-order valence-corrected chi connectivity index (χ2v) is 3.29. The Morgan fingerprint density at radius 3 is 2.80 bits per heavy atom. The van der Waals surface area contributed by atoms with Crippen LogP contribution in [0.15, 0.2) is 18.3 Å². The Kier molecular flexibility index (Phi) is 4.90. The van der Waals surface area contributed by atoms with Crippen molar-refractivity contribution in [3.05, 3.63) is 24.0 Å². The summed E-state index contributed by atoms with van der Waals surface area (Å²) < 4.78 is 5.31. The third kappa shape index (κ3) is 4.16. The van der Waals surface area contributed by atoms with Gasteiger partial charge >= 0.3 is 0 Å². The van der Waals surface area contributed by atoms with Gasteiger partial charge in [-0.3, -0.25) is 4.98 Å². The average Bonchev–Trinajstić information content (AvgIpc) is 2.25. The molecule has 5 heteroatoms. The van der Waals surface area contributed by atoms with Crippen LogP contribution in [0.2, 0.25) is 0 Å². The molecule has 0 saturated carbocycles. The number of halogens is 1. The number of carbonyl (C=O) groups is 1. The van der Waals surface area contributed by atoms with E-state index in [4.69, 9.17) is 16.3 Å². The van der Waals surface area contributed by atoms with Crippen LogP contribution in [0.1, 0.15) is 23.3 Å². The number of unbranched alkanes of at least 4 members (excludes halogenated alkanes) is 1. The fraction of sp³-hybridized carbons (Fsp3) is 0.400. The number of alkyl halides is 1. The summed E-state index contributed by atoms with van der Waals surface area (Å²) >= 11 is 5.50. The van der Waals surface area contributed by atoms with Gasteiger partial charge in [0, 0.05) is 5.88 Å². The lowest BCUT2D eigenvalue weighted by atomic mass is 10.3. The number of carboxylic acid groups (broad SMARTS) is 1. The summed E-state index contributed by atoms with van der Waals surface area (Å²) in [5.41, 5.74) is -0.0943. The van der Waals surface area contributed by atoms with Gasteiger partial charge in [-0.1, -0.05) is 0 Å². The van der Waals surface area contributed by atoms with Crippen molar-refractivity contribution in [2.75, 3.05) is 12.5 Å². The molecule has 1 heterocycles. The van der Waals surface area contributed by atoms with Crippen LogP contribution in [0.3, 0.4) is 0 Å². The summed E-state index contributed by atoms with van der Waals surface area (Å²) in [6.07, 6.45) is 3.13. The van der Waals surface area contributed by atoms with E-state index in [2.05, 4.69) is 4.98 Å². The van der Waals surface area contributed by atoms with Gasteiger partial charge in [-0.25, -0.2) is 0 Å². The highest BCUT2D eigenvalue weighted by Crippen LogP contribution is 2.09. The molecule has 1 aromatic heterocycles. The molecule has 15 heavy (non-hydrogen) atoms. The van der Waals surface area contributed by atoms with Gasteiger partial charge < -0.3 is 14.6 Å². The molecular formula is C10H11ClNO3-. The normalized spacial score (nSPS) is 9.93. The minimum atomic E-state index is -1.29. The Morgan fingerprint density at radius 2 is 2.27 bits per heavy atom. The molecular weight excluding hydrogens is 218 g/mol. The molecule has 0 unspecified atom stereocenters. The summed E-state index contributed by atoms with van der Waals surface area (Å²) in [6, 6.07) is 2.91. The molecule has 1 aromatic rings. The lowest BCUT2D eigenvalue weighted by molar-refractivity contribution is -0.255. The molecule has 0 atom stereocenters. The summed E-state index contributed by atoms with van der Waals surface area (Å²) in [5.74, 6) is -0.121. The number of hydrogen-bond acceptors (Lipinski definition) is 4. The summed E-state index contributed by atoms with van der Waals surface area (Å²) in [6.45, 7) is 0.555. The van der Waals surface area contributed by atoms with Crippen molar-refractivity contribution in [3.8, 4) is 5.75 Å². The number of ether oxygens (including phenoxy) is 1. The lowest BCUT2D eigenvalue weighted by Crippen LogP contribution is -2.23. The third-order valence-corrected chi connectivity index (χ3v) is 2.01. The quantitative estimate of drug-likeness (QED) is 0.535. The molecule has 0 aliphatic heterocycles. The number of nitrogens with zero attached hydrogens (tertiary/aromatic N) is 1. The smallest absolute Gasteiger partial charge is 0.137 e. The lowest BCUT2D eigenvalue weighted by Gasteiger charge is -2.06. The van der Waals surface area contributed by atoms with Gasteiger partial charge in [0.2, 0.25) is 0 Å². The summed E-state index contributed by atoms with van der Waals surface area (Å²) in [5, 5.41) is 10.4. The number of aromatic carboxylic acids is 1. The van der Waals surface area contributed by atoms with Crippen molar-refractivity contribution in [2.45, 2.75) is 12.8 Å². The third-order valence-electron chi connectivity index (χ3n) is 1.74. The molecule has 0 fully saturated rings. The Balaban J connectivity index is 2.39. The van der Waals surface area contributed by atoms with Crippen molar-refractivity contribution < 1.29 is 14.6 Å². The summed E-state index contributed by atoms with van der Waals surface area (Å²) in [7, 11) is 0. The van der Waals surface area contributed by atoms with Gasteiger partial charge in [0.05, 0.1) is 24.5 Å². The summed E-state index contributed by atoms with van der Waals surface area (Å²) in [4.78, 5) is 14.0. The van der Waals surface area contributed by atoms with Crippen molar-refractivity contribution in [1.82, 2.24) is 4.98 Å². The SMILES string of the molecule is O=C([O-])c1ccc(OCCCCCl)cn1. The van der Waals surface area contributed by atoms with Crippen LogP contribution in [0.4, 0.5) is 0 Å². The Morgan fingerprint density at radius 1 is 1.47 bits per heavy atom. The fourth-order valence-electron chi connectivity index (χ4n) is 0.973. The molecule has 0 spiro atoms. The molecule has 4 nitrogen and oxygen atoms in total. The van der Waals surface area contributed by atoms with Crippen molar-refractivity contribution in [1.29, 1.82) is 0 Å². The van der Waals surface area contributed by atoms with E-state index in [1.165, 1.54) is 12.3 Å². The maximum absolute atomic E-state index is 10.4. The maximum atomic E-state index is 10.4. The number of hydrogen-bond donors (Lipinski definition) is 0. The first kappa shape index (κ1) is 11.8. The van der Waals surface area contributed by atoms with E-state index in [-0.39, 0.29) is 5.69 Å². The fourth-order valence-corrected chi connectivity index (χ4v) is 1.16. The zero-order valence-electron chi connectivity index (χ0n) is 8.11. The highest BCUT2D eigenvalue weighted by molar-refractivity contribution is 6.17. The standard InChI is InChI=1S/C10H12ClNO3/c11-5-1-2-6-15-8-3-4-9(10(13)14)12-7-8/h3-4,7H,1-2,5-6H2,(H,13,14)/p-1. The molecule has 0 radical (unpaired) electrons. The van der Waals surface area contributed by atoms with Gasteiger partial charge in [0.1, 0.15) is 5.75 Å². The molecule has 1 rings (SSSR count). The van der Waals surface area contributed by atoms with E-state index in [1.54, 1.807) is 6.07 Å². The van der Waals surface area contributed by atoms with E-state index in [0.29, 0.717) is 18.2 Å². The van der Waals surface area contributed by atoms with E-state index in [9.17, 15) is 9.90 Å². The predicted octanol–water partition coefficient (Wildman–Crippen LogP) is 0.843. The molecule has 82 valence electrons. The molecule has 0 aliphatic rings. The molecule has 0 aromatic carbocycles. The molecule has 0 N–H and O–H groups in total. The number of aromatic nitrogens is 1. The predicted molar refractivity (Wildman–Crippen MR) is 54.0 cm³/mol. The van der Waals surface area contributed by atoms with Crippen molar-refractivity contribution in [3.63, 3.8) is 0 Å². The minimum absolute atomic E-state index is 0.0943. The largest absolute Gasteiger partial charge is 0.543 e. The van der Waals surface area contributed by atoms with Crippen molar-refractivity contribution in [2.24, 2.45) is 0 Å². The van der Waals surface area contributed by atoms with Crippen LogP contribution >= 0.6 is 11.6 Å². The second-order valence-electron chi connectivity index (χ2n) is 2.91. The zero-order chi connectivity index (χ0) is 11.1. The number of carboxylic acids is 1. The Hall–Kier alpha value is -1.29. The van der Waals surface area contributed by atoms with E-state index in [0.717, 1.165) is 12.8 Å². The first-order valence-corrected chi connectivity index (χ1v) is 5.13. The number of rotatable bonds is 6. The van der Waals surface area contributed by atoms with Crippen LogP contribution in [0, 0.1) is 0 Å². The van der Waals surface area contributed by atoms with E-state index < -0.39 is 5.97 Å². The topological polar surface area (TPSA) is 62.2 Å². The second kappa shape index (κ2) is 6.24. The average molecular weight is 229 g/mol. The first-order chi connectivity index (χ1) is 7.24. The van der Waals surface area contributed by atoms with Crippen LogP contribution in [-0.4, -0.2) is 23.4 Å². The number of carbonyl (C=O) groups excluding carboxylic acids is 1. The van der Waals surface area contributed by atoms with Crippen molar-refractivity contribution >= 4 is 17.6 Å². The first-order valence-electron chi connectivity index (χ1n) is 4.60. The van der Waals surface area contributed by atoms with E-state index in [1.807, 2.05) is 0 Å². The highest BCUT2D eigenvalue weighted by atomic mass is 35.5. The Bertz CT molecular complexity index is 313. The zero-order valence-corrected chi connectivity index (χ0v) is 8.87. The van der Waals surface area contributed by atoms with Gasteiger partial charge in [-0.05, 0) is 25.0 Å². The van der Waals surface area contributed by atoms with Gasteiger partial charge in [0.25, 0.3) is 0 Å². The van der Waals surface area contributed by atoms with Gasteiger partial charge in [-0.2, -0.15) is 0 Å². The van der Waals surface area contributed by atoms with E-state index >= 15 is 0 Å². The highest BCUT2D eigenvalue weighted by Gasteiger charge is 1.97. The maximum Gasteiger partial charge on any atom is 0.137 e. The minimum Gasteiger partial charge on any atom is -0.543 e.